The van der Waals surface area contributed by atoms with Gasteiger partial charge in [-0.1, -0.05) is 50.2 Å². The van der Waals surface area contributed by atoms with Crippen molar-refractivity contribution in [1.29, 1.82) is 0 Å². The Bertz CT molecular complexity index is 1260. The van der Waals surface area contributed by atoms with Crippen molar-refractivity contribution in [3.63, 3.8) is 0 Å². The molecule has 2 aromatic heterocycles. The van der Waals surface area contributed by atoms with E-state index in [9.17, 15) is 9.90 Å². The summed E-state index contributed by atoms with van der Waals surface area (Å²) in [5, 5.41) is 16.7. The van der Waals surface area contributed by atoms with Gasteiger partial charge in [-0.25, -0.2) is 0 Å². The summed E-state index contributed by atoms with van der Waals surface area (Å²) in [5.74, 6) is 1.26. The molecule has 8 heteroatoms. The van der Waals surface area contributed by atoms with Gasteiger partial charge < -0.3 is 20.3 Å². The predicted molar refractivity (Wildman–Crippen MR) is 141 cm³/mol. The number of carbonyl (C=O) groups excluding carboxylic acids is 1. The molecule has 0 bridgehead atoms. The van der Waals surface area contributed by atoms with Crippen LogP contribution >= 0.6 is 0 Å². The number of hydrogen-bond acceptors (Lipinski definition) is 7. The lowest BCUT2D eigenvalue weighted by Crippen LogP contribution is -2.63. The number of primary amides is 1. The van der Waals surface area contributed by atoms with Crippen LogP contribution in [0.4, 0.5) is 0 Å². The van der Waals surface area contributed by atoms with Crippen LogP contribution in [-0.2, 0) is 10.4 Å². The van der Waals surface area contributed by atoms with Crippen LogP contribution in [-0.4, -0.2) is 51.2 Å². The van der Waals surface area contributed by atoms with E-state index in [0.717, 1.165) is 44.3 Å². The van der Waals surface area contributed by atoms with E-state index in [4.69, 9.17) is 10.3 Å². The number of nitrogens with two attached hydrogens (primary N) is 1. The fourth-order valence-corrected chi connectivity index (χ4v) is 6.25. The summed E-state index contributed by atoms with van der Waals surface area (Å²) in [7, 11) is 2.07. The molecule has 1 aliphatic heterocycles. The van der Waals surface area contributed by atoms with Gasteiger partial charge in [0.25, 0.3) is 0 Å². The quantitative estimate of drug-likeness (QED) is 0.496. The molecule has 1 atom stereocenters. The van der Waals surface area contributed by atoms with Crippen molar-refractivity contribution in [2.24, 2.45) is 17.1 Å². The summed E-state index contributed by atoms with van der Waals surface area (Å²) in [5.41, 5.74) is 7.35. The topological polar surface area (TPSA) is 118 Å². The average molecular weight is 504 g/mol. The largest absolute Gasteiger partial charge is 0.380 e. The monoisotopic (exact) mass is 503 g/mol. The van der Waals surface area contributed by atoms with Crippen molar-refractivity contribution < 1.29 is 14.4 Å². The lowest BCUT2D eigenvalue weighted by Gasteiger charge is -2.55. The molecule has 3 N–H and O–H groups in total. The lowest BCUT2D eigenvalue weighted by atomic mass is 9.62. The van der Waals surface area contributed by atoms with Gasteiger partial charge in [-0.15, -0.1) is 0 Å². The average Bonchev–Trinajstić information content (AvgIpc) is 3.38. The Kier molecular flexibility index (Phi) is 6.66. The molecule has 1 aliphatic carbocycles. The fourth-order valence-electron chi connectivity index (χ4n) is 6.25. The fraction of sp³-hybridized carbons (Fsp3) is 0.517. The highest BCUT2D eigenvalue weighted by molar-refractivity contribution is 5.76. The van der Waals surface area contributed by atoms with E-state index in [1.807, 2.05) is 18.2 Å². The van der Waals surface area contributed by atoms with Gasteiger partial charge in [0.2, 0.25) is 17.6 Å². The summed E-state index contributed by atoms with van der Waals surface area (Å²) in [6.07, 6.45) is 6.53. The van der Waals surface area contributed by atoms with Crippen LogP contribution in [0.1, 0.15) is 80.9 Å². The maximum Gasteiger partial charge on any atom is 0.230 e. The smallest absolute Gasteiger partial charge is 0.230 e. The normalized spacial score (nSPS) is 23.4. The molecule has 0 radical (unpaired) electrons. The van der Waals surface area contributed by atoms with Crippen molar-refractivity contribution in [2.75, 3.05) is 20.1 Å². The van der Waals surface area contributed by atoms with E-state index in [0.29, 0.717) is 28.8 Å². The molecule has 1 unspecified atom stereocenters. The number of benzene rings is 1. The van der Waals surface area contributed by atoms with Crippen molar-refractivity contribution in [2.45, 2.75) is 63.9 Å². The van der Waals surface area contributed by atoms with Gasteiger partial charge in [-0.3, -0.25) is 9.78 Å². The Morgan fingerprint density at radius 2 is 1.81 bits per heavy atom. The van der Waals surface area contributed by atoms with Crippen molar-refractivity contribution >= 4 is 5.91 Å². The molecule has 3 aromatic rings. The molecule has 0 spiro atoms. The lowest BCUT2D eigenvalue weighted by molar-refractivity contribution is -0.127. The van der Waals surface area contributed by atoms with Gasteiger partial charge in [-0.05, 0) is 55.8 Å². The molecule has 1 aromatic carbocycles. The second kappa shape index (κ2) is 9.65. The number of nitrogens with zero attached hydrogens (tertiary/aromatic N) is 4. The Balaban J connectivity index is 1.46. The van der Waals surface area contributed by atoms with Crippen molar-refractivity contribution in [3.05, 3.63) is 65.3 Å². The number of hydrogen-bond donors (Lipinski definition) is 2. The molecule has 1 saturated carbocycles. The van der Waals surface area contributed by atoms with Gasteiger partial charge in [-0.2, -0.15) is 4.98 Å². The van der Waals surface area contributed by atoms with Crippen LogP contribution < -0.4 is 5.73 Å². The first-order chi connectivity index (χ1) is 17.6. The maximum atomic E-state index is 12.5. The number of carbonyl (C=O) groups is 1. The summed E-state index contributed by atoms with van der Waals surface area (Å²) >= 11 is 0. The summed E-state index contributed by atoms with van der Waals surface area (Å²) in [4.78, 5) is 22.9. The van der Waals surface area contributed by atoms with Crippen LogP contribution in [0.5, 0.6) is 0 Å². The number of likely N-dealkylation sites (tertiary alicyclic amines) is 1. The summed E-state index contributed by atoms with van der Waals surface area (Å²) in [6.45, 7) is 7.99. The summed E-state index contributed by atoms with van der Waals surface area (Å²) in [6, 6.07) is 10.2. The van der Waals surface area contributed by atoms with Crippen LogP contribution in [0.3, 0.4) is 0 Å². The number of amides is 1. The molecule has 5 rings (SSSR count). The first-order valence-electron chi connectivity index (χ1n) is 13.2. The third-order valence-corrected chi connectivity index (χ3v) is 8.44. The minimum absolute atomic E-state index is 0.0706. The zero-order valence-corrected chi connectivity index (χ0v) is 22.1. The molecule has 8 nitrogen and oxygen atoms in total. The number of rotatable bonds is 7. The SMILES string of the molecule is CC(C)c1ccc(C(O)(c2cncc(-c3noc([C@H]4CC[C@@H](C(N)=O)CC4)n3)c2)C2(C)CN(C)C2)cc1. The third kappa shape index (κ3) is 4.57. The molecule has 3 heterocycles. The van der Waals surface area contributed by atoms with Gasteiger partial charge in [0.15, 0.2) is 0 Å². The van der Waals surface area contributed by atoms with Crippen LogP contribution in [0.2, 0.25) is 0 Å². The minimum atomic E-state index is -1.24. The highest BCUT2D eigenvalue weighted by Crippen LogP contribution is 2.50. The standard InChI is InChI=1S/C29H37N5O3/c1-18(2)19-9-11-23(12-10-19)29(36,28(3)16-34(4)17-28)24-13-22(14-31-15-24)26-32-27(37-33-26)21-7-5-20(6-8-21)25(30)35/h9-15,18,20-21,36H,5-8,16-17H2,1-4H3,(H2,30,35)/t20-,21+,29?. The number of aliphatic hydroxyl groups is 1. The second-order valence-corrected chi connectivity index (χ2v) is 11.6. The first-order valence-corrected chi connectivity index (χ1v) is 13.2. The Labute approximate surface area is 218 Å². The first kappa shape index (κ1) is 25.5. The van der Waals surface area contributed by atoms with Crippen molar-refractivity contribution in [3.8, 4) is 11.4 Å². The molecular weight excluding hydrogens is 466 g/mol. The zero-order chi connectivity index (χ0) is 26.4. The molecular formula is C29H37N5O3. The Hall–Kier alpha value is -3.10. The van der Waals surface area contributed by atoms with Gasteiger partial charge >= 0.3 is 0 Å². The molecule has 1 amide bonds. The van der Waals surface area contributed by atoms with E-state index < -0.39 is 5.60 Å². The second-order valence-electron chi connectivity index (χ2n) is 11.6. The van der Waals surface area contributed by atoms with Gasteiger partial charge in [0, 0.05) is 53.9 Å². The highest BCUT2D eigenvalue weighted by Gasteiger charge is 2.55. The minimum Gasteiger partial charge on any atom is -0.380 e. The third-order valence-electron chi connectivity index (χ3n) is 8.44. The molecule has 2 fully saturated rings. The van der Waals surface area contributed by atoms with Gasteiger partial charge in [0.1, 0.15) is 5.60 Å². The maximum absolute atomic E-state index is 12.5. The highest BCUT2D eigenvalue weighted by atomic mass is 16.5. The Morgan fingerprint density at radius 1 is 1.14 bits per heavy atom. The Morgan fingerprint density at radius 3 is 2.41 bits per heavy atom. The van der Waals surface area contributed by atoms with Crippen LogP contribution in [0.25, 0.3) is 11.4 Å². The predicted octanol–water partition coefficient (Wildman–Crippen LogP) is 4.20. The molecule has 196 valence electrons. The van der Waals surface area contributed by atoms with E-state index in [1.54, 1.807) is 12.4 Å². The van der Waals surface area contributed by atoms with E-state index in [1.165, 1.54) is 5.56 Å². The molecule has 2 aliphatic rings. The van der Waals surface area contributed by atoms with Gasteiger partial charge in [0.05, 0.1) is 0 Å². The summed E-state index contributed by atoms with van der Waals surface area (Å²) < 4.78 is 5.64. The van der Waals surface area contributed by atoms with E-state index >= 15 is 0 Å². The zero-order valence-electron chi connectivity index (χ0n) is 22.1. The van der Waals surface area contributed by atoms with Crippen molar-refractivity contribution in [1.82, 2.24) is 20.0 Å². The molecule has 37 heavy (non-hydrogen) atoms. The van der Waals surface area contributed by atoms with Crippen LogP contribution in [0, 0.1) is 11.3 Å². The molecule has 1 saturated heterocycles. The number of aromatic nitrogens is 3. The van der Waals surface area contributed by atoms with E-state index in [-0.39, 0.29) is 23.2 Å². The van der Waals surface area contributed by atoms with E-state index in [2.05, 4.69) is 60.0 Å². The number of pyridine rings is 1. The van der Waals surface area contributed by atoms with Crippen LogP contribution in [0.15, 0.2) is 47.2 Å².